The molecule has 0 radical (unpaired) electrons. The second-order valence-electron chi connectivity index (χ2n) is 4.43. The van der Waals surface area contributed by atoms with Gasteiger partial charge in [0.2, 0.25) is 5.91 Å². The zero-order chi connectivity index (χ0) is 9.19. The Balaban J connectivity index is 2.18. The van der Waals surface area contributed by atoms with Gasteiger partial charge < -0.3 is 10.1 Å². The van der Waals surface area contributed by atoms with Crippen LogP contribution in [0.15, 0.2) is 0 Å². The topological polar surface area (TPSA) is 38.3 Å². The highest BCUT2D eigenvalue weighted by atomic mass is 16.5. The molecule has 0 bridgehead atoms. The highest BCUT2D eigenvalue weighted by Crippen LogP contribution is 2.13. The molecule has 70 valence electrons. The van der Waals surface area contributed by atoms with Gasteiger partial charge in [-0.15, -0.1) is 0 Å². The van der Waals surface area contributed by atoms with Crippen molar-refractivity contribution < 1.29 is 9.53 Å². The minimum atomic E-state index is -0.174. The van der Waals surface area contributed by atoms with E-state index in [9.17, 15) is 4.79 Å². The fourth-order valence-electron chi connectivity index (χ4n) is 0.909. The first kappa shape index (κ1) is 9.52. The fraction of sp³-hybridized carbons (Fsp3) is 0.889. The van der Waals surface area contributed by atoms with E-state index in [0.717, 1.165) is 13.0 Å². The van der Waals surface area contributed by atoms with E-state index in [4.69, 9.17) is 4.74 Å². The summed E-state index contributed by atoms with van der Waals surface area (Å²) in [5, 5.41) is 2.86. The van der Waals surface area contributed by atoms with Crippen LogP contribution in [0.2, 0.25) is 0 Å². The molecule has 1 fully saturated rings. The third-order valence-electron chi connectivity index (χ3n) is 1.78. The largest absolute Gasteiger partial charge is 0.368 e. The molecule has 1 aliphatic heterocycles. The molecule has 3 nitrogen and oxygen atoms in total. The minimum Gasteiger partial charge on any atom is -0.368 e. The van der Waals surface area contributed by atoms with Crippen LogP contribution in [0.5, 0.6) is 0 Å². The normalized spacial score (nSPS) is 23.1. The van der Waals surface area contributed by atoms with Crippen LogP contribution in [0.3, 0.4) is 0 Å². The molecular formula is C9H17NO2. The van der Waals surface area contributed by atoms with E-state index >= 15 is 0 Å². The van der Waals surface area contributed by atoms with Gasteiger partial charge in [-0.2, -0.15) is 0 Å². The van der Waals surface area contributed by atoms with Gasteiger partial charge in [0, 0.05) is 13.0 Å². The van der Waals surface area contributed by atoms with E-state index in [1.54, 1.807) is 0 Å². The Hall–Kier alpha value is -0.570. The summed E-state index contributed by atoms with van der Waals surface area (Å²) in [6.07, 6.45) is 0.697. The quantitative estimate of drug-likeness (QED) is 0.671. The molecule has 0 spiro atoms. The van der Waals surface area contributed by atoms with Crippen LogP contribution < -0.4 is 5.32 Å². The fourth-order valence-corrected chi connectivity index (χ4v) is 0.909. The number of carbonyl (C=O) groups excluding carboxylic acids is 1. The highest BCUT2D eigenvalue weighted by molar-refractivity contribution is 5.81. The molecule has 0 aliphatic carbocycles. The van der Waals surface area contributed by atoms with E-state index < -0.39 is 0 Å². The van der Waals surface area contributed by atoms with Crippen molar-refractivity contribution in [3.8, 4) is 0 Å². The standard InChI is InChI=1S/C9H17NO2/c1-9(2,3)6-10-8(11)7-4-5-12-7/h7H,4-6H2,1-3H3,(H,10,11). The molecule has 1 atom stereocenters. The summed E-state index contributed by atoms with van der Waals surface area (Å²) in [5.41, 5.74) is 0.152. The second kappa shape index (κ2) is 3.44. The summed E-state index contributed by atoms with van der Waals surface area (Å²) in [6.45, 7) is 7.72. The molecule has 1 amide bonds. The van der Waals surface area contributed by atoms with Gasteiger partial charge in [0.25, 0.3) is 0 Å². The highest BCUT2D eigenvalue weighted by Gasteiger charge is 2.26. The van der Waals surface area contributed by atoms with E-state index in [1.807, 2.05) is 0 Å². The predicted octanol–water partition coefficient (Wildman–Crippen LogP) is 0.938. The third-order valence-corrected chi connectivity index (χ3v) is 1.78. The summed E-state index contributed by atoms with van der Waals surface area (Å²) in [5.74, 6) is 0.0381. The van der Waals surface area contributed by atoms with Crippen molar-refractivity contribution in [1.29, 1.82) is 0 Å². The molecule has 0 aromatic heterocycles. The zero-order valence-corrected chi connectivity index (χ0v) is 8.02. The van der Waals surface area contributed by atoms with Crippen LogP contribution in [-0.2, 0) is 9.53 Å². The van der Waals surface area contributed by atoms with Crippen molar-refractivity contribution >= 4 is 5.91 Å². The zero-order valence-electron chi connectivity index (χ0n) is 8.02. The molecule has 3 heteroatoms. The monoisotopic (exact) mass is 171 g/mol. The summed E-state index contributed by atoms with van der Waals surface area (Å²) in [7, 11) is 0. The maximum absolute atomic E-state index is 11.2. The number of amides is 1. The average Bonchev–Trinajstić information content (AvgIpc) is 1.78. The number of ether oxygens (including phenoxy) is 1. The first-order chi connectivity index (χ1) is 5.49. The van der Waals surface area contributed by atoms with Gasteiger partial charge in [-0.05, 0) is 5.41 Å². The third kappa shape index (κ3) is 2.81. The molecule has 1 unspecified atom stereocenters. The van der Waals surface area contributed by atoms with Crippen molar-refractivity contribution in [2.24, 2.45) is 5.41 Å². The van der Waals surface area contributed by atoms with Gasteiger partial charge >= 0.3 is 0 Å². The maximum Gasteiger partial charge on any atom is 0.249 e. The number of rotatable bonds is 2. The molecular weight excluding hydrogens is 154 g/mol. The van der Waals surface area contributed by atoms with Crippen LogP contribution in [-0.4, -0.2) is 25.2 Å². The number of nitrogens with one attached hydrogen (secondary N) is 1. The lowest BCUT2D eigenvalue weighted by atomic mass is 9.97. The molecule has 12 heavy (non-hydrogen) atoms. The second-order valence-corrected chi connectivity index (χ2v) is 4.43. The van der Waals surface area contributed by atoms with Gasteiger partial charge in [0.1, 0.15) is 6.10 Å². The van der Waals surface area contributed by atoms with Gasteiger partial charge in [-0.1, -0.05) is 20.8 Å². The maximum atomic E-state index is 11.2. The van der Waals surface area contributed by atoms with Gasteiger partial charge in [-0.25, -0.2) is 0 Å². The molecule has 1 N–H and O–H groups in total. The number of hydrogen-bond donors (Lipinski definition) is 1. The number of hydrogen-bond acceptors (Lipinski definition) is 2. The Labute approximate surface area is 73.5 Å². The van der Waals surface area contributed by atoms with Crippen LogP contribution in [0.1, 0.15) is 27.2 Å². The lowest BCUT2D eigenvalue weighted by Gasteiger charge is -2.27. The molecule has 0 saturated carbocycles. The molecule has 0 aromatic rings. The van der Waals surface area contributed by atoms with E-state index in [-0.39, 0.29) is 17.4 Å². The summed E-state index contributed by atoms with van der Waals surface area (Å²) in [6, 6.07) is 0. The summed E-state index contributed by atoms with van der Waals surface area (Å²) in [4.78, 5) is 11.2. The van der Waals surface area contributed by atoms with Crippen LogP contribution in [0, 0.1) is 5.41 Å². The van der Waals surface area contributed by atoms with E-state index in [2.05, 4.69) is 26.1 Å². The summed E-state index contributed by atoms with van der Waals surface area (Å²) >= 11 is 0. The van der Waals surface area contributed by atoms with Gasteiger partial charge in [-0.3, -0.25) is 4.79 Å². The summed E-state index contributed by atoms with van der Waals surface area (Å²) < 4.78 is 5.05. The Morgan fingerprint density at radius 1 is 1.58 bits per heavy atom. The Kier molecular flexibility index (Phi) is 2.73. The average molecular weight is 171 g/mol. The molecule has 0 aromatic carbocycles. The number of carbonyl (C=O) groups is 1. The predicted molar refractivity (Wildman–Crippen MR) is 46.8 cm³/mol. The van der Waals surface area contributed by atoms with Crippen LogP contribution >= 0.6 is 0 Å². The Morgan fingerprint density at radius 3 is 2.50 bits per heavy atom. The molecule has 1 aliphatic rings. The van der Waals surface area contributed by atoms with Crippen molar-refractivity contribution in [2.45, 2.75) is 33.3 Å². The van der Waals surface area contributed by atoms with Crippen LogP contribution in [0.25, 0.3) is 0 Å². The molecule has 1 rings (SSSR count). The van der Waals surface area contributed by atoms with Crippen LogP contribution in [0.4, 0.5) is 0 Å². The van der Waals surface area contributed by atoms with E-state index in [0.29, 0.717) is 6.54 Å². The van der Waals surface area contributed by atoms with Crippen molar-refractivity contribution in [2.75, 3.05) is 13.2 Å². The first-order valence-electron chi connectivity index (χ1n) is 4.38. The lowest BCUT2D eigenvalue weighted by molar-refractivity contribution is -0.145. The van der Waals surface area contributed by atoms with Crippen molar-refractivity contribution in [3.05, 3.63) is 0 Å². The molecule has 1 heterocycles. The lowest BCUT2D eigenvalue weighted by Crippen LogP contribution is -2.45. The SMILES string of the molecule is CC(C)(C)CNC(=O)C1CCO1. The van der Waals surface area contributed by atoms with Crippen molar-refractivity contribution in [3.63, 3.8) is 0 Å². The molecule has 1 saturated heterocycles. The van der Waals surface area contributed by atoms with E-state index in [1.165, 1.54) is 0 Å². The smallest absolute Gasteiger partial charge is 0.249 e. The first-order valence-corrected chi connectivity index (χ1v) is 4.38. The van der Waals surface area contributed by atoms with Gasteiger partial charge in [0.05, 0.1) is 6.61 Å². The Bertz CT molecular complexity index is 168. The van der Waals surface area contributed by atoms with Crippen molar-refractivity contribution in [1.82, 2.24) is 5.32 Å². The minimum absolute atomic E-state index is 0.0381. The van der Waals surface area contributed by atoms with Gasteiger partial charge in [0.15, 0.2) is 0 Å². The Morgan fingerprint density at radius 2 is 2.17 bits per heavy atom.